The first-order valence-electron chi connectivity index (χ1n) is 11.8. The van der Waals surface area contributed by atoms with Gasteiger partial charge in [0.15, 0.2) is 0 Å². The first kappa shape index (κ1) is 23.5. The summed E-state index contributed by atoms with van der Waals surface area (Å²) in [5.74, 6) is 0.564. The first-order chi connectivity index (χ1) is 16.5. The molecule has 0 spiro atoms. The maximum absolute atomic E-state index is 13.0. The number of likely N-dealkylation sites (tertiary alicyclic amines) is 1. The zero-order valence-electron chi connectivity index (χ0n) is 19.8. The molecule has 1 saturated heterocycles. The summed E-state index contributed by atoms with van der Waals surface area (Å²) in [6.07, 6.45) is 3.07. The Morgan fingerprint density at radius 3 is 2.53 bits per heavy atom. The number of hydrogen-bond acceptors (Lipinski definition) is 4. The second-order valence-electron chi connectivity index (χ2n) is 8.79. The van der Waals surface area contributed by atoms with Crippen molar-refractivity contribution in [2.45, 2.75) is 39.2 Å². The Labute approximate surface area is 200 Å². The topological polar surface area (TPSA) is 91.3 Å². The van der Waals surface area contributed by atoms with Crippen LogP contribution in [0.25, 0.3) is 5.69 Å². The van der Waals surface area contributed by atoms with Gasteiger partial charge in [-0.1, -0.05) is 42.3 Å². The van der Waals surface area contributed by atoms with E-state index in [0.717, 1.165) is 42.9 Å². The molecule has 1 aliphatic rings. The average Bonchev–Trinajstić information content (AvgIpc) is 3.19. The van der Waals surface area contributed by atoms with Crippen LogP contribution in [0.15, 0.2) is 60.7 Å². The molecular formula is C26H32N6O2. The molecule has 8 nitrogen and oxygen atoms in total. The summed E-state index contributed by atoms with van der Waals surface area (Å²) >= 11 is 0. The molecule has 1 atom stereocenters. The lowest BCUT2D eigenvalue weighted by molar-refractivity contribution is -0.118. The van der Waals surface area contributed by atoms with Gasteiger partial charge in [-0.05, 0) is 57.5 Å². The monoisotopic (exact) mass is 460 g/mol. The Hall–Kier alpha value is -3.65. The van der Waals surface area contributed by atoms with E-state index in [1.165, 1.54) is 5.56 Å². The summed E-state index contributed by atoms with van der Waals surface area (Å²) < 4.78 is 1.76. The van der Waals surface area contributed by atoms with Crippen LogP contribution in [0.1, 0.15) is 30.5 Å². The number of para-hydroxylation sites is 1. The minimum atomic E-state index is -0.237. The maximum Gasteiger partial charge on any atom is 0.319 e. The first-order valence-corrected chi connectivity index (χ1v) is 11.8. The van der Waals surface area contributed by atoms with Gasteiger partial charge in [0, 0.05) is 24.3 Å². The van der Waals surface area contributed by atoms with Gasteiger partial charge in [-0.3, -0.25) is 9.69 Å². The van der Waals surface area contributed by atoms with Crippen LogP contribution >= 0.6 is 0 Å². The second kappa shape index (κ2) is 11.0. The molecule has 0 bridgehead atoms. The molecule has 178 valence electrons. The van der Waals surface area contributed by atoms with Gasteiger partial charge in [0.25, 0.3) is 0 Å². The van der Waals surface area contributed by atoms with E-state index in [0.29, 0.717) is 12.4 Å². The summed E-state index contributed by atoms with van der Waals surface area (Å²) in [4.78, 5) is 27.4. The molecule has 0 aliphatic carbocycles. The van der Waals surface area contributed by atoms with Crippen molar-refractivity contribution >= 4 is 23.4 Å². The molecule has 2 aromatic carbocycles. The number of piperidine rings is 1. The zero-order valence-corrected chi connectivity index (χ0v) is 19.8. The fraction of sp³-hybridized carbons (Fsp3) is 0.346. The van der Waals surface area contributed by atoms with Crippen molar-refractivity contribution in [2.75, 3.05) is 30.3 Å². The van der Waals surface area contributed by atoms with E-state index >= 15 is 0 Å². The van der Waals surface area contributed by atoms with Crippen molar-refractivity contribution in [1.82, 2.24) is 20.0 Å². The van der Waals surface area contributed by atoms with E-state index in [4.69, 9.17) is 0 Å². The molecule has 0 radical (unpaired) electrons. The molecular weight excluding hydrogens is 428 g/mol. The van der Waals surface area contributed by atoms with Gasteiger partial charge in [-0.25, -0.2) is 9.48 Å². The number of carbonyl (C=O) groups excluding carboxylic acids is 2. The van der Waals surface area contributed by atoms with E-state index in [1.807, 2.05) is 74.5 Å². The summed E-state index contributed by atoms with van der Waals surface area (Å²) in [6.45, 7) is 5.54. The standard InChI is InChI=1S/C26H32N6O2/c1-19-11-13-22(14-12-19)32-24(16-20(2)30-32)29-25(33)18-31-15-7-6-10-23(31)17-27-26(34)28-21-8-4-3-5-9-21/h3-5,8-9,11-14,16,23H,6-7,10,15,17-18H2,1-2H3,(H,29,33)(H2,27,28,34). The largest absolute Gasteiger partial charge is 0.336 e. The highest BCUT2D eigenvalue weighted by Gasteiger charge is 2.25. The normalized spacial score (nSPS) is 16.1. The molecule has 4 rings (SSSR count). The predicted molar refractivity (Wildman–Crippen MR) is 134 cm³/mol. The second-order valence-corrected chi connectivity index (χ2v) is 8.79. The number of nitrogens with zero attached hydrogens (tertiary/aromatic N) is 3. The number of amides is 3. The Morgan fingerprint density at radius 2 is 1.76 bits per heavy atom. The Morgan fingerprint density at radius 1 is 1.00 bits per heavy atom. The van der Waals surface area contributed by atoms with Crippen molar-refractivity contribution in [3.63, 3.8) is 0 Å². The van der Waals surface area contributed by atoms with Crippen molar-refractivity contribution in [1.29, 1.82) is 0 Å². The number of aryl methyl sites for hydroxylation is 2. The lowest BCUT2D eigenvalue weighted by atomic mass is 10.0. The summed E-state index contributed by atoms with van der Waals surface area (Å²) in [7, 11) is 0. The average molecular weight is 461 g/mol. The molecule has 34 heavy (non-hydrogen) atoms. The summed E-state index contributed by atoms with van der Waals surface area (Å²) in [6, 6.07) is 19.1. The van der Waals surface area contributed by atoms with Gasteiger partial charge in [0.2, 0.25) is 5.91 Å². The van der Waals surface area contributed by atoms with Crippen molar-refractivity contribution in [3.05, 3.63) is 71.9 Å². The molecule has 1 unspecified atom stereocenters. The third-order valence-electron chi connectivity index (χ3n) is 6.00. The lowest BCUT2D eigenvalue weighted by Gasteiger charge is -2.35. The molecule has 1 aliphatic heterocycles. The summed E-state index contributed by atoms with van der Waals surface area (Å²) in [5.41, 5.74) is 3.65. The lowest BCUT2D eigenvalue weighted by Crippen LogP contribution is -2.49. The van der Waals surface area contributed by atoms with E-state index in [-0.39, 0.29) is 24.5 Å². The molecule has 3 N–H and O–H groups in total. The van der Waals surface area contributed by atoms with Crippen LogP contribution in [-0.2, 0) is 4.79 Å². The summed E-state index contributed by atoms with van der Waals surface area (Å²) in [5, 5.41) is 13.4. The molecule has 3 aromatic rings. The molecule has 8 heteroatoms. The number of carbonyl (C=O) groups is 2. The van der Waals surface area contributed by atoms with Gasteiger partial charge in [0.05, 0.1) is 17.9 Å². The van der Waals surface area contributed by atoms with Crippen molar-refractivity contribution < 1.29 is 9.59 Å². The van der Waals surface area contributed by atoms with E-state index in [1.54, 1.807) is 4.68 Å². The van der Waals surface area contributed by atoms with Gasteiger partial charge in [0.1, 0.15) is 5.82 Å². The van der Waals surface area contributed by atoms with E-state index in [2.05, 4.69) is 25.9 Å². The maximum atomic E-state index is 13.0. The molecule has 2 heterocycles. The number of rotatable bonds is 7. The van der Waals surface area contributed by atoms with E-state index < -0.39 is 0 Å². The van der Waals surface area contributed by atoms with Crippen LogP contribution in [0, 0.1) is 13.8 Å². The highest BCUT2D eigenvalue weighted by atomic mass is 16.2. The third-order valence-corrected chi connectivity index (χ3v) is 6.00. The third kappa shape index (κ3) is 6.23. The Balaban J connectivity index is 1.34. The Kier molecular flexibility index (Phi) is 7.59. The number of benzene rings is 2. The highest BCUT2D eigenvalue weighted by Crippen LogP contribution is 2.19. The number of hydrogen-bond donors (Lipinski definition) is 3. The van der Waals surface area contributed by atoms with Crippen LogP contribution in [0.4, 0.5) is 16.3 Å². The number of nitrogens with one attached hydrogen (secondary N) is 3. The number of urea groups is 1. The highest BCUT2D eigenvalue weighted by molar-refractivity contribution is 5.92. The van der Waals surface area contributed by atoms with Gasteiger partial charge >= 0.3 is 6.03 Å². The van der Waals surface area contributed by atoms with Crippen LogP contribution < -0.4 is 16.0 Å². The number of anilines is 2. The SMILES string of the molecule is Cc1ccc(-n2nc(C)cc2NC(=O)CN2CCCCC2CNC(=O)Nc2ccccc2)cc1. The van der Waals surface area contributed by atoms with Crippen LogP contribution in [0.5, 0.6) is 0 Å². The van der Waals surface area contributed by atoms with Crippen LogP contribution in [-0.4, -0.2) is 52.3 Å². The zero-order chi connectivity index (χ0) is 23.9. The van der Waals surface area contributed by atoms with Crippen molar-refractivity contribution in [3.8, 4) is 5.69 Å². The van der Waals surface area contributed by atoms with Crippen LogP contribution in [0.2, 0.25) is 0 Å². The fourth-order valence-electron chi connectivity index (χ4n) is 4.24. The van der Waals surface area contributed by atoms with Crippen molar-refractivity contribution in [2.24, 2.45) is 0 Å². The predicted octanol–water partition coefficient (Wildman–Crippen LogP) is 4.10. The molecule has 0 saturated carbocycles. The van der Waals surface area contributed by atoms with E-state index in [9.17, 15) is 9.59 Å². The van der Waals surface area contributed by atoms with Gasteiger partial charge < -0.3 is 16.0 Å². The molecule has 1 aromatic heterocycles. The Bertz CT molecular complexity index is 1110. The minimum Gasteiger partial charge on any atom is -0.336 e. The smallest absolute Gasteiger partial charge is 0.319 e. The number of aromatic nitrogens is 2. The minimum absolute atomic E-state index is 0.0890. The quantitative estimate of drug-likeness (QED) is 0.495. The van der Waals surface area contributed by atoms with Crippen LogP contribution in [0.3, 0.4) is 0 Å². The molecule has 1 fully saturated rings. The van der Waals surface area contributed by atoms with Gasteiger partial charge in [-0.2, -0.15) is 5.10 Å². The fourth-order valence-corrected chi connectivity index (χ4v) is 4.24. The molecule has 3 amide bonds. The van der Waals surface area contributed by atoms with Gasteiger partial charge in [-0.15, -0.1) is 0 Å².